The average Bonchev–Trinajstić information content (AvgIpc) is 3.48. The molecule has 3 aliphatic rings. The van der Waals surface area contributed by atoms with Gasteiger partial charge in [-0.15, -0.1) is 0 Å². The Bertz CT molecular complexity index is 1080. The summed E-state index contributed by atoms with van der Waals surface area (Å²) in [5, 5.41) is 12.1. The molecule has 160 valence electrons. The average molecular weight is 422 g/mol. The Balaban J connectivity index is 1.27. The second-order valence-electron chi connectivity index (χ2n) is 8.08. The van der Waals surface area contributed by atoms with Crippen LogP contribution in [0.1, 0.15) is 27.9 Å². The molecule has 2 saturated heterocycles. The molecule has 1 spiro atoms. The van der Waals surface area contributed by atoms with Crippen molar-refractivity contribution in [3.05, 3.63) is 59.2 Å². The van der Waals surface area contributed by atoms with Gasteiger partial charge in [0.1, 0.15) is 6.04 Å². The summed E-state index contributed by atoms with van der Waals surface area (Å²) < 4.78 is 11.1. The number of fused-ring (bicyclic) bond motifs is 3. The molecule has 2 amide bonds. The molecule has 31 heavy (non-hydrogen) atoms. The highest BCUT2D eigenvalue weighted by Gasteiger charge is 2.52. The normalized spacial score (nSPS) is 20.5. The molecule has 2 N–H and O–H groups in total. The number of nitrogens with zero attached hydrogens (tertiary/aromatic N) is 1. The first kappa shape index (κ1) is 19.7. The van der Waals surface area contributed by atoms with Crippen LogP contribution >= 0.6 is 0 Å². The van der Waals surface area contributed by atoms with E-state index in [0.29, 0.717) is 18.8 Å². The van der Waals surface area contributed by atoms with Crippen LogP contribution in [0.15, 0.2) is 42.5 Å². The van der Waals surface area contributed by atoms with E-state index in [2.05, 4.69) is 11.4 Å². The van der Waals surface area contributed by atoms with Crippen molar-refractivity contribution in [3.8, 4) is 11.1 Å². The van der Waals surface area contributed by atoms with E-state index in [0.717, 1.165) is 23.1 Å². The third kappa shape index (κ3) is 3.47. The van der Waals surface area contributed by atoms with E-state index in [-0.39, 0.29) is 25.4 Å². The molecule has 8 heteroatoms. The monoisotopic (exact) mass is 422 g/mol. The van der Waals surface area contributed by atoms with Crippen molar-refractivity contribution in [2.45, 2.75) is 24.7 Å². The topological polar surface area (TPSA) is 105 Å². The highest BCUT2D eigenvalue weighted by molar-refractivity contribution is 5.98. The van der Waals surface area contributed by atoms with Crippen molar-refractivity contribution in [1.29, 1.82) is 0 Å². The highest BCUT2D eigenvalue weighted by Crippen LogP contribution is 2.37. The molecule has 0 radical (unpaired) electrons. The van der Waals surface area contributed by atoms with Crippen molar-refractivity contribution in [2.24, 2.45) is 0 Å². The van der Waals surface area contributed by atoms with Crippen molar-refractivity contribution in [2.75, 3.05) is 26.3 Å². The minimum atomic E-state index is -1.12. The van der Waals surface area contributed by atoms with Gasteiger partial charge in [-0.3, -0.25) is 9.59 Å². The van der Waals surface area contributed by atoms with Crippen LogP contribution in [0.25, 0.3) is 11.1 Å². The van der Waals surface area contributed by atoms with Crippen LogP contribution in [0.4, 0.5) is 0 Å². The number of carboxylic acid groups (broad SMARTS) is 1. The van der Waals surface area contributed by atoms with Crippen LogP contribution in [-0.2, 0) is 25.5 Å². The molecule has 0 bridgehead atoms. The van der Waals surface area contributed by atoms with E-state index in [1.165, 1.54) is 10.5 Å². The Labute approximate surface area is 178 Å². The number of ether oxygens (including phenoxy) is 2. The lowest BCUT2D eigenvalue weighted by molar-refractivity contribution is -0.152. The third-order valence-electron chi connectivity index (χ3n) is 6.17. The number of carbonyl (C=O) groups is 3. The van der Waals surface area contributed by atoms with Gasteiger partial charge in [0.15, 0.2) is 5.79 Å². The number of nitrogens with one attached hydrogen (secondary N) is 1. The molecule has 2 aromatic carbocycles. The standard InChI is InChI=1S/C23H22N2O6/c26-20(25-13-23(30-7-8-31-23)11-19(25)22(28)29)12-24-21(27)16-6-5-15-9-14-3-1-2-4-17(14)18(15)10-16/h1-6,10,19H,7-9,11-13H2,(H,24,27)(H,28,29). The molecule has 1 atom stereocenters. The van der Waals surface area contributed by atoms with Crippen molar-refractivity contribution >= 4 is 17.8 Å². The lowest BCUT2D eigenvalue weighted by Crippen LogP contribution is -2.46. The van der Waals surface area contributed by atoms with Crippen LogP contribution in [0, 0.1) is 0 Å². The summed E-state index contributed by atoms with van der Waals surface area (Å²) in [6.45, 7) is 0.472. The van der Waals surface area contributed by atoms with Crippen molar-refractivity contribution in [1.82, 2.24) is 10.2 Å². The molecule has 2 aromatic rings. The predicted octanol–water partition coefficient (Wildman–Crippen LogP) is 1.42. The van der Waals surface area contributed by atoms with Gasteiger partial charge in [0.2, 0.25) is 5.91 Å². The molecule has 1 unspecified atom stereocenters. The van der Waals surface area contributed by atoms with E-state index >= 15 is 0 Å². The van der Waals surface area contributed by atoms with Crippen molar-refractivity contribution < 1.29 is 29.0 Å². The maximum absolute atomic E-state index is 12.7. The van der Waals surface area contributed by atoms with Gasteiger partial charge in [0.25, 0.3) is 5.91 Å². The zero-order valence-electron chi connectivity index (χ0n) is 16.8. The predicted molar refractivity (Wildman–Crippen MR) is 109 cm³/mol. The molecule has 2 fully saturated rings. The smallest absolute Gasteiger partial charge is 0.326 e. The van der Waals surface area contributed by atoms with Crippen LogP contribution in [0.5, 0.6) is 0 Å². The molecular weight excluding hydrogens is 400 g/mol. The second-order valence-corrected chi connectivity index (χ2v) is 8.08. The Morgan fingerprint density at radius 1 is 1.06 bits per heavy atom. The number of likely N-dealkylation sites (tertiary alicyclic amines) is 1. The molecular formula is C23H22N2O6. The lowest BCUT2D eigenvalue weighted by Gasteiger charge is -2.23. The minimum absolute atomic E-state index is 0.0360. The largest absolute Gasteiger partial charge is 0.480 e. The minimum Gasteiger partial charge on any atom is -0.480 e. The van der Waals surface area contributed by atoms with Crippen LogP contribution < -0.4 is 5.32 Å². The van der Waals surface area contributed by atoms with Crippen LogP contribution in [-0.4, -0.2) is 65.9 Å². The van der Waals surface area contributed by atoms with E-state index < -0.39 is 23.7 Å². The number of rotatable bonds is 4. The maximum Gasteiger partial charge on any atom is 0.326 e. The lowest BCUT2D eigenvalue weighted by atomic mass is 10.0. The van der Waals surface area contributed by atoms with Gasteiger partial charge in [0, 0.05) is 12.0 Å². The molecule has 0 saturated carbocycles. The van der Waals surface area contributed by atoms with Gasteiger partial charge >= 0.3 is 5.97 Å². The van der Waals surface area contributed by atoms with Crippen LogP contribution in [0.3, 0.4) is 0 Å². The number of benzene rings is 2. The summed E-state index contributed by atoms with van der Waals surface area (Å²) in [4.78, 5) is 38.3. The number of aliphatic carboxylic acids is 1. The number of hydrogen-bond donors (Lipinski definition) is 2. The number of amides is 2. The Morgan fingerprint density at radius 3 is 2.58 bits per heavy atom. The van der Waals surface area contributed by atoms with E-state index in [4.69, 9.17) is 9.47 Å². The fourth-order valence-electron chi connectivity index (χ4n) is 4.65. The first-order valence-electron chi connectivity index (χ1n) is 10.3. The summed E-state index contributed by atoms with van der Waals surface area (Å²) in [5.74, 6) is -3.04. The third-order valence-corrected chi connectivity index (χ3v) is 6.17. The summed E-state index contributed by atoms with van der Waals surface area (Å²) >= 11 is 0. The Morgan fingerprint density at radius 2 is 1.81 bits per heavy atom. The van der Waals surface area contributed by atoms with Gasteiger partial charge in [-0.1, -0.05) is 30.3 Å². The molecule has 1 aliphatic carbocycles. The van der Waals surface area contributed by atoms with Gasteiger partial charge in [-0.25, -0.2) is 4.79 Å². The number of carbonyl (C=O) groups excluding carboxylic acids is 2. The maximum atomic E-state index is 12.7. The van der Waals surface area contributed by atoms with Crippen LogP contribution in [0.2, 0.25) is 0 Å². The van der Waals surface area contributed by atoms with E-state index in [9.17, 15) is 19.5 Å². The molecule has 2 aliphatic heterocycles. The molecule has 2 heterocycles. The summed E-state index contributed by atoms with van der Waals surface area (Å²) in [5.41, 5.74) is 4.99. The quantitative estimate of drug-likeness (QED) is 0.659. The summed E-state index contributed by atoms with van der Waals surface area (Å²) in [7, 11) is 0. The van der Waals surface area contributed by atoms with Gasteiger partial charge in [-0.05, 0) is 40.8 Å². The fourth-order valence-corrected chi connectivity index (χ4v) is 4.65. The highest BCUT2D eigenvalue weighted by atomic mass is 16.7. The van der Waals surface area contributed by atoms with Gasteiger partial charge in [0.05, 0.1) is 26.3 Å². The van der Waals surface area contributed by atoms with Gasteiger partial charge in [-0.2, -0.15) is 0 Å². The Hall–Kier alpha value is -3.23. The zero-order chi connectivity index (χ0) is 21.6. The first-order chi connectivity index (χ1) is 15.0. The SMILES string of the molecule is O=C(NCC(=O)N1CC2(CC1C(=O)O)OCCO2)c1ccc2c(c1)-c1ccccc1C2. The zero-order valence-corrected chi connectivity index (χ0v) is 16.8. The molecule has 5 rings (SSSR count). The van der Waals surface area contributed by atoms with E-state index in [1.54, 1.807) is 6.07 Å². The Kier molecular flexibility index (Phi) is 4.75. The summed E-state index contributed by atoms with van der Waals surface area (Å²) in [6, 6.07) is 12.6. The van der Waals surface area contributed by atoms with E-state index in [1.807, 2.05) is 30.3 Å². The molecule has 8 nitrogen and oxygen atoms in total. The second kappa shape index (κ2) is 7.47. The first-order valence-corrected chi connectivity index (χ1v) is 10.3. The molecule has 0 aromatic heterocycles. The summed E-state index contributed by atoms with van der Waals surface area (Å²) in [6.07, 6.45) is 0.912. The van der Waals surface area contributed by atoms with Gasteiger partial charge < -0.3 is 24.8 Å². The fraction of sp³-hybridized carbons (Fsp3) is 0.348. The number of carboxylic acids is 1. The van der Waals surface area contributed by atoms with Crippen molar-refractivity contribution in [3.63, 3.8) is 0 Å². The number of hydrogen-bond acceptors (Lipinski definition) is 5.